The van der Waals surface area contributed by atoms with Crippen LogP contribution in [0, 0.1) is 6.92 Å². The van der Waals surface area contributed by atoms with Gasteiger partial charge < -0.3 is 19.4 Å². The molecule has 152 valence electrons. The maximum absolute atomic E-state index is 13.0. The van der Waals surface area contributed by atoms with Gasteiger partial charge in [-0.05, 0) is 43.3 Å². The van der Waals surface area contributed by atoms with Gasteiger partial charge in [-0.15, -0.1) is 0 Å². The molecular weight excluding hydrogens is 386 g/mol. The summed E-state index contributed by atoms with van der Waals surface area (Å²) >= 11 is 0. The van der Waals surface area contributed by atoms with Crippen LogP contribution in [0.4, 0.5) is 5.69 Å². The second kappa shape index (κ2) is 7.44. The molecule has 0 bridgehead atoms. The number of aliphatic hydroxyl groups is 1. The fourth-order valence-electron chi connectivity index (χ4n) is 3.60. The van der Waals surface area contributed by atoms with Crippen LogP contribution in [0.1, 0.15) is 23.1 Å². The van der Waals surface area contributed by atoms with E-state index in [4.69, 9.17) is 9.15 Å². The minimum atomic E-state index is -1.06. The van der Waals surface area contributed by atoms with Gasteiger partial charge in [-0.3, -0.25) is 14.5 Å². The van der Waals surface area contributed by atoms with E-state index in [0.29, 0.717) is 11.5 Å². The molecule has 1 atom stereocenters. The number of phenolic OH excluding ortho intramolecular Hbond substituents is 1. The summed E-state index contributed by atoms with van der Waals surface area (Å²) in [5.41, 5.74) is 0.253. The zero-order valence-electron chi connectivity index (χ0n) is 16.3. The third-order valence-corrected chi connectivity index (χ3v) is 4.98. The predicted molar refractivity (Wildman–Crippen MR) is 109 cm³/mol. The normalized spacial score (nSPS) is 18.1. The number of phenols is 1. The zero-order chi connectivity index (χ0) is 21.4. The second-order valence-electron chi connectivity index (χ2n) is 6.81. The van der Waals surface area contributed by atoms with Crippen molar-refractivity contribution in [2.75, 3.05) is 12.0 Å². The molecule has 1 aromatic heterocycles. The lowest BCUT2D eigenvalue weighted by Gasteiger charge is -2.24. The number of Topliss-reactive ketones (excluding diaryl/α,β-unsaturated/α-hetero) is 1. The van der Waals surface area contributed by atoms with Crippen LogP contribution in [0.3, 0.4) is 0 Å². The van der Waals surface area contributed by atoms with Gasteiger partial charge in [-0.25, -0.2) is 0 Å². The van der Waals surface area contributed by atoms with Crippen molar-refractivity contribution >= 4 is 23.1 Å². The molecule has 7 heteroatoms. The van der Waals surface area contributed by atoms with Crippen LogP contribution in [-0.4, -0.2) is 29.0 Å². The number of hydrogen-bond donors (Lipinski definition) is 2. The van der Waals surface area contributed by atoms with Crippen molar-refractivity contribution in [2.24, 2.45) is 0 Å². The molecule has 0 saturated carbocycles. The Labute approximate surface area is 172 Å². The van der Waals surface area contributed by atoms with E-state index in [1.165, 1.54) is 19.2 Å². The molecule has 0 spiro atoms. The number of methoxy groups -OCH3 is 1. The van der Waals surface area contributed by atoms with Crippen LogP contribution in [0.15, 0.2) is 70.7 Å². The number of anilines is 1. The van der Waals surface area contributed by atoms with E-state index in [0.717, 1.165) is 4.90 Å². The lowest BCUT2D eigenvalue weighted by Crippen LogP contribution is -2.29. The highest BCUT2D eigenvalue weighted by Gasteiger charge is 2.49. The van der Waals surface area contributed by atoms with Crippen molar-refractivity contribution < 1.29 is 29.0 Å². The largest absolute Gasteiger partial charge is 0.507 e. The molecule has 1 aliphatic rings. The van der Waals surface area contributed by atoms with E-state index >= 15 is 0 Å². The van der Waals surface area contributed by atoms with Gasteiger partial charge in [0, 0.05) is 0 Å². The molecule has 3 aromatic rings. The van der Waals surface area contributed by atoms with E-state index in [1.54, 1.807) is 55.5 Å². The van der Waals surface area contributed by atoms with Gasteiger partial charge in [0.25, 0.3) is 11.7 Å². The Hall–Kier alpha value is -4.00. The number of ether oxygens (including phenoxy) is 1. The maximum Gasteiger partial charge on any atom is 0.300 e. The van der Waals surface area contributed by atoms with Crippen molar-refractivity contribution in [1.29, 1.82) is 0 Å². The third-order valence-electron chi connectivity index (χ3n) is 4.98. The molecule has 0 aliphatic carbocycles. The molecule has 30 heavy (non-hydrogen) atoms. The topological polar surface area (TPSA) is 100 Å². The summed E-state index contributed by atoms with van der Waals surface area (Å²) in [7, 11) is 1.44. The number of aliphatic hydroxyl groups excluding tert-OH is 1. The van der Waals surface area contributed by atoms with Gasteiger partial charge in [-0.1, -0.05) is 24.3 Å². The van der Waals surface area contributed by atoms with Crippen LogP contribution in [0.2, 0.25) is 0 Å². The highest BCUT2D eigenvalue weighted by atomic mass is 16.5. The molecule has 2 aromatic carbocycles. The van der Waals surface area contributed by atoms with E-state index in [1.807, 2.05) is 0 Å². The zero-order valence-corrected chi connectivity index (χ0v) is 16.3. The third kappa shape index (κ3) is 3.00. The number of rotatable bonds is 4. The average molecular weight is 405 g/mol. The first-order chi connectivity index (χ1) is 14.4. The summed E-state index contributed by atoms with van der Waals surface area (Å²) in [6, 6.07) is 15.1. The van der Waals surface area contributed by atoms with Crippen LogP contribution >= 0.6 is 0 Å². The molecule has 1 aliphatic heterocycles. The Morgan fingerprint density at radius 2 is 1.73 bits per heavy atom. The monoisotopic (exact) mass is 405 g/mol. The summed E-state index contributed by atoms with van der Waals surface area (Å²) in [6.07, 6.45) is 0. The summed E-state index contributed by atoms with van der Waals surface area (Å²) in [6.45, 7) is 1.73. The molecule has 0 radical (unpaired) electrons. The van der Waals surface area contributed by atoms with Crippen molar-refractivity contribution in [3.63, 3.8) is 0 Å². The number of aromatic hydroxyl groups is 1. The molecule has 1 saturated heterocycles. The van der Waals surface area contributed by atoms with Gasteiger partial charge in [0.1, 0.15) is 34.8 Å². The Kier molecular flexibility index (Phi) is 4.79. The molecule has 2 heterocycles. The number of amides is 1. The molecular formula is C23H19NO6. The smallest absolute Gasteiger partial charge is 0.300 e. The van der Waals surface area contributed by atoms with E-state index in [9.17, 15) is 19.8 Å². The maximum atomic E-state index is 13.0. The van der Waals surface area contributed by atoms with E-state index < -0.39 is 17.7 Å². The van der Waals surface area contributed by atoms with Crippen LogP contribution in [0.5, 0.6) is 11.5 Å². The summed E-state index contributed by atoms with van der Waals surface area (Å²) in [5, 5.41) is 21.4. The Morgan fingerprint density at radius 3 is 2.40 bits per heavy atom. The molecule has 7 nitrogen and oxygen atoms in total. The second-order valence-corrected chi connectivity index (χ2v) is 6.81. The van der Waals surface area contributed by atoms with E-state index in [-0.39, 0.29) is 34.1 Å². The number of aryl methyl sites for hydroxylation is 1. The SMILES string of the molecule is COc1ccccc1/C(O)=C1/C(=O)C(=O)N(c2ccccc2O)C1c1ccc(C)o1. The predicted octanol–water partition coefficient (Wildman–Crippen LogP) is 3.93. The lowest BCUT2D eigenvalue weighted by molar-refractivity contribution is -0.132. The molecule has 2 N–H and O–H groups in total. The first kappa shape index (κ1) is 19.3. The number of carbonyl (C=O) groups is 2. The fraction of sp³-hybridized carbons (Fsp3) is 0.130. The summed E-state index contributed by atoms with van der Waals surface area (Å²) < 4.78 is 11.0. The van der Waals surface area contributed by atoms with E-state index in [2.05, 4.69) is 0 Å². The van der Waals surface area contributed by atoms with Crippen molar-refractivity contribution in [3.05, 3.63) is 83.3 Å². The Balaban J connectivity index is 1.99. The van der Waals surface area contributed by atoms with Crippen molar-refractivity contribution in [1.82, 2.24) is 0 Å². The number of benzene rings is 2. The van der Waals surface area contributed by atoms with Gasteiger partial charge in [-0.2, -0.15) is 0 Å². The highest BCUT2D eigenvalue weighted by Crippen LogP contribution is 2.45. The van der Waals surface area contributed by atoms with Gasteiger partial charge in [0.05, 0.1) is 23.9 Å². The quantitative estimate of drug-likeness (QED) is 0.388. The number of furan rings is 1. The molecule has 4 rings (SSSR count). The van der Waals surface area contributed by atoms with Crippen LogP contribution < -0.4 is 9.64 Å². The van der Waals surface area contributed by atoms with Crippen LogP contribution in [-0.2, 0) is 9.59 Å². The molecule has 1 fully saturated rings. The number of nitrogens with zero attached hydrogens (tertiary/aromatic N) is 1. The number of hydrogen-bond acceptors (Lipinski definition) is 6. The molecule has 1 amide bonds. The fourth-order valence-corrected chi connectivity index (χ4v) is 3.60. The lowest BCUT2D eigenvalue weighted by atomic mass is 9.98. The van der Waals surface area contributed by atoms with Crippen molar-refractivity contribution in [3.8, 4) is 11.5 Å². The van der Waals surface area contributed by atoms with Gasteiger partial charge in [0.2, 0.25) is 0 Å². The number of para-hydroxylation sites is 3. The van der Waals surface area contributed by atoms with Crippen LogP contribution in [0.25, 0.3) is 5.76 Å². The number of ketones is 1. The molecule has 1 unspecified atom stereocenters. The standard InChI is InChI=1S/C23H19NO6/c1-13-11-12-18(30-13)20-19(21(26)14-7-3-6-10-17(14)29-2)22(27)23(28)24(20)15-8-4-5-9-16(15)25/h3-12,20,25-26H,1-2H3/b21-19-. The first-order valence-electron chi connectivity index (χ1n) is 9.22. The van der Waals surface area contributed by atoms with Gasteiger partial charge in [0.15, 0.2) is 0 Å². The highest BCUT2D eigenvalue weighted by molar-refractivity contribution is 6.51. The average Bonchev–Trinajstić information content (AvgIpc) is 3.29. The summed E-state index contributed by atoms with van der Waals surface area (Å²) in [4.78, 5) is 27.2. The number of carbonyl (C=O) groups excluding carboxylic acids is 2. The minimum Gasteiger partial charge on any atom is -0.507 e. The minimum absolute atomic E-state index is 0.137. The Bertz CT molecular complexity index is 1180. The first-order valence-corrected chi connectivity index (χ1v) is 9.22. The summed E-state index contributed by atoms with van der Waals surface area (Å²) in [5.74, 6) is -1.13. The van der Waals surface area contributed by atoms with Gasteiger partial charge >= 0.3 is 0 Å². The Morgan fingerprint density at radius 1 is 1.03 bits per heavy atom. The van der Waals surface area contributed by atoms with Crippen molar-refractivity contribution in [2.45, 2.75) is 13.0 Å².